The second-order valence-corrected chi connectivity index (χ2v) is 8.48. The van der Waals surface area contributed by atoms with Crippen molar-refractivity contribution in [1.82, 2.24) is 25.5 Å². The highest BCUT2D eigenvalue weighted by Crippen LogP contribution is 2.35. The fourth-order valence-electron chi connectivity index (χ4n) is 4.28. The summed E-state index contributed by atoms with van der Waals surface area (Å²) in [7, 11) is 0. The summed E-state index contributed by atoms with van der Waals surface area (Å²) >= 11 is 0. The molecular weight excluding hydrogens is 409 g/mol. The van der Waals surface area contributed by atoms with Crippen LogP contribution in [0.2, 0.25) is 0 Å². The van der Waals surface area contributed by atoms with Gasteiger partial charge < -0.3 is 14.7 Å². The van der Waals surface area contributed by atoms with E-state index in [0.717, 1.165) is 42.5 Å². The molecule has 1 saturated carbocycles. The molecule has 1 aliphatic carbocycles. The van der Waals surface area contributed by atoms with Gasteiger partial charge in [0.1, 0.15) is 11.5 Å². The molecule has 1 aliphatic rings. The van der Waals surface area contributed by atoms with Crippen LogP contribution in [-0.2, 0) is 0 Å². The molecule has 2 N–H and O–H groups in total. The molecule has 3 heterocycles. The van der Waals surface area contributed by atoms with Crippen molar-refractivity contribution in [2.75, 3.05) is 6.54 Å². The van der Waals surface area contributed by atoms with Crippen LogP contribution in [0.3, 0.4) is 0 Å². The van der Waals surface area contributed by atoms with Gasteiger partial charge >= 0.3 is 0 Å². The fourth-order valence-corrected chi connectivity index (χ4v) is 4.28. The maximum absolute atomic E-state index is 13.4. The topological polar surface area (TPSA) is 96.7 Å². The molecule has 1 amide bonds. The van der Waals surface area contributed by atoms with Gasteiger partial charge in [0, 0.05) is 35.3 Å². The molecule has 0 unspecified atom stereocenters. The number of rotatable bonds is 5. The number of halogens is 1. The summed E-state index contributed by atoms with van der Waals surface area (Å²) in [6.45, 7) is 2.55. The van der Waals surface area contributed by atoms with Gasteiger partial charge in [-0.1, -0.05) is 0 Å². The highest BCUT2D eigenvalue weighted by atomic mass is 19.1. The first-order valence-corrected chi connectivity index (χ1v) is 10.9. The van der Waals surface area contributed by atoms with Crippen molar-refractivity contribution in [3.8, 4) is 11.5 Å². The van der Waals surface area contributed by atoms with Crippen LogP contribution in [-0.4, -0.2) is 32.6 Å². The summed E-state index contributed by atoms with van der Waals surface area (Å²) < 4.78 is 19.3. The van der Waals surface area contributed by atoms with Crippen LogP contribution in [0.15, 0.2) is 47.0 Å². The summed E-state index contributed by atoms with van der Waals surface area (Å²) in [6, 6.07) is 9.98. The molecule has 1 aromatic carbocycles. The number of aryl methyl sites for hydroxylation is 1. The Morgan fingerprint density at radius 2 is 2.00 bits per heavy atom. The summed E-state index contributed by atoms with van der Waals surface area (Å²) in [5, 5.41) is 12.1. The van der Waals surface area contributed by atoms with Crippen molar-refractivity contribution in [2.24, 2.45) is 5.92 Å². The molecule has 0 radical (unpaired) electrons. The first-order chi connectivity index (χ1) is 15.5. The minimum absolute atomic E-state index is 0.169. The van der Waals surface area contributed by atoms with E-state index < -0.39 is 0 Å². The maximum atomic E-state index is 13.4. The van der Waals surface area contributed by atoms with Crippen LogP contribution in [0.5, 0.6) is 0 Å². The number of hydrogen-bond donors (Lipinski definition) is 2. The van der Waals surface area contributed by atoms with Crippen molar-refractivity contribution in [3.63, 3.8) is 0 Å². The van der Waals surface area contributed by atoms with Gasteiger partial charge in [-0.25, -0.2) is 4.39 Å². The third kappa shape index (κ3) is 4.26. The average Bonchev–Trinajstić information content (AvgIpc) is 3.46. The van der Waals surface area contributed by atoms with E-state index in [9.17, 15) is 9.18 Å². The molecular formula is C24H24FN5O2. The number of hydrogen-bond acceptors (Lipinski definition) is 5. The Bertz CT molecular complexity index is 1240. The second-order valence-electron chi connectivity index (χ2n) is 8.48. The standard InChI is InChI=1S/C24H24FN5O2/c1-14-2-5-17(13-26-14)24-30-29-23(32-24)16-6-3-15(4-7-16)12-27-22(31)21-11-18-10-19(25)8-9-20(18)28-21/h2,5,8-11,13,15-16,28H,3-4,6-7,12H2,1H3,(H,27,31). The number of nitrogens with zero attached hydrogens (tertiary/aromatic N) is 3. The molecule has 0 bridgehead atoms. The van der Waals surface area contributed by atoms with Gasteiger partial charge in [-0.3, -0.25) is 9.78 Å². The minimum atomic E-state index is -0.316. The Kier molecular flexibility index (Phi) is 5.43. The average molecular weight is 433 g/mol. The lowest BCUT2D eigenvalue weighted by molar-refractivity contribution is 0.0938. The van der Waals surface area contributed by atoms with E-state index in [1.165, 1.54) is 12.1 Å². The molecule has 7 nitrogen and oxygen atoms in total. The van der Waals surface area contributed by atoms with E-state index in [1.54, 1.807) is 18.3 Å². The summed E-state index contributed by atoms with van der Waals surface area (Å²) in [5.41, 5.74) is 2.96. The Balaban J connectivity index is 1.14. The fraction of sp³-hybridized carbons (Fsp3) is 0.333. The number of benzene rings is 1. The van der Waals surface area contributed by atoms with Gasteiger partial charge in [-0.2, -0.15) is 0 Å². The van der Waals surface area contributed by atoms with Crippen LogP contribution in [0.4, 0.5) is 4.39 Å². The third-order valence-corrected chi connectivity index (χ3v) is 6.17. The van der Waals surface area contributed by atoms with E-state index in [2.05, 4.69) is 25.5 Å². The molecule has 5 rings (SSSR count). The molecule has 32 heavy (non-hydrogen) atoms. The number of aromatic nitrogens is 4. The number of carbonyl (C=O) groups is 1. The molecule has 0 saturated heterocycles. The number of aromatic amines is 1. The van der Waals surface area contributed by atoms with Crippen LogP contribution in [0, 0.1) is 18.7 Å². The lowest BCUT2D eigenvalue weighted by Crippen LogP contribution is -2.31. The Morgan fingerprint density at radius 1 is 1.16 bits per heavy atom. The zero-order valence-corrected chi connectivity index (χ0v) is 17.8. The minimum Gasteiger partial charge on any atom is -0.420 e. The van der Waals surface area contributed by atoms with Gasteiger partial charge in [0.05, 0.1) is 5.56 Å². The quantitative estimate of drug-likeness (QED) is 0.473. The van der Waals surface area contributed by atoms with Crippen LogP contribution in [0.25, 0.3) is 22.4 Å². The molecule has 0 spiro atoms. The molecule has 164 valence electrons. The molecule has 4 aromatic rings. The number of nitrogens with one attached hydrogen (secondary N) is 2. The van der Waals surface area contributed by atoms with Crippen molar-refractivity contribution >= 4 is 16.8 Å². The number of fused-ring (bicyclic) bond motifs is 1. The van der Waals surface area contributed by atoms with E-state index in [1.807, 2.05) is 19.1 Å². The van der Waals surface area contributed by atoms with Gasteiger partial charge in [0.25, 0.3) is 5.91 Å². The number of carbonyl (C=O) groups excluding carboxylic acids is 1. The molecule has 1 fully saturated rings. The van der Waals surface area contributed by atoms with Crippen molar-refractivity contribution < 1.29 is 13.6 Å². The lowest BCUT2D eigenvalue weighted by Gasteiger charge is -2.26. The van der Waals surface area contributed by atoms with Crippen LogP contribution in [0.1, 0.15) is 53.7 Å². The van der Waals surface area contributed by atoms with Crippen molar-refractivity contribution in [1.29, 1.82) is 0 Å². The van der Waals surface area contributed by atoms with E-state index >= 15 is 0 Å². The molecule has 3 aromatic heterocycles. The number of pyridine rings is 1. The van der Waals surface area contributed by atoms with Crippen LogP contribution >= 0.6 is 0 Å². The van der Waals surface area contributed by atoms with Gasteiger partial charge in [0.2, 0.25) is 11.8 Å². The van der Waals surface area contributed by atoms with E-state index in [4.69, 9.17) is 4.42 Å². The highest BCUT2D eigenvalue weighted by Gasteiger charge is 2.27. The maximum Gasteiger partial charge on any atom is 0.267 e. The third-order valence-electron chi connectivity index (χ3n) is 6.17. The zero-order chi connectivity index (χ0) is 22.1. The molecule has 0 aliphatic heterocycles. The predicted octanol–water partition coefficient (Wildman–Crippen LogP) is 4.76. The second kappa shape index (κ2) is 8.53. The summed E-state index contributed by atoms with van der Waals surface area (Å²) in [5.74, 6) is 1.33. The van der Waals surface area contributed by atoms with E-state index in [-0.39, 0.29) is 17.6 Å². The zero-order valence-electron chi connectivity index (χ0n) is 17.8. The first-order valence-electron chi connectivity index (χ1n) is 10.9. The molecule has 8 heteroatoms. The lowest BCUT2D eigenvalue weighted by atomic mass is 9.82. The van der Waals surface area contributed by atoms with Gasteiger partial charge in [-0.05, 0) is 74.9 Å². The van der Waals surface area contributed by atoms with Crippen molar-refractivity contribution in [3.05, 3.63) is 65.7 Å². The monoisotopic (exact) mass is 433 g/mol. The van der Waals surface area contributed by atoms with Crippen molar-refractivity contribution in [2.45, 2.75) is 38.5 Å². The van der Waals surface area contributed by atoms with E-state index in [0.29, 0.717) is 35.3 Å². The predicted molar refractivity (Wildman–Crippen MR) is 118 cm³/mol. The Labute approximate surface area is 184 Å². The number of amides is 1. The number of H-pyrrole nitrogens is 1. The van der Waals surface area contributed by atoms with Gasteiger partial charge in [0.15, 0.2) is 0 Å². The highest BCUT2D eigenvalue weighted by molar-refractivity contribution is 5.98. The Hall–Kier alpha value is -3.55. The summed E-state index contributed by atoms with van der Waals surface area (Å²) in [4.78, 5) is 19.8. The smallest absolute Gasteiger partial charge is 0.267 e. The summed E-state index contributed by atoms with van der Waals surface area (Å²) in [6.07, 6.45) is 5.59. The Morgan fingerprint density at radius 3 is 2.78 bits per heavy atom. The largest absolute Gasteiger partial charge is 0.420 e. The molecule has 0 atom stereocenters. The first kappa shape index (κ1) is 20.4. The van der Waals surface area contributed by atoms with Crippen LogP contribution < -0.4 is 5.32 Å². The normalized spacial score (nSPS) is 18.7. The SMILES string of the molecule is Cc1ccc(-c2nnc(C3CCC(CNC(=O)c4cc5cc(F)ccc5[nH]4)CC3)o2)cn1. The van der Waals surface area contributed by atoms with Gasteiger partial charge in [-0.15, -0.1) is 10.2 Å².